The summed E-state index contributed by atoms with van der Waals surface area (Å²) in [5, 5.41) is 1.17. The molecule has 0 saturated carbocycles. The molecule has 0 N–H and O–H groups in total. The summed E-state index contributed by atoms with van der Waals surface area (Å²) in [5.74, 6) is -0.599. The van der Waals surface area contributed by atoms with Crippen LogP contribution >= 0.6 is 0 Å². The SMILES string of the molecule is CCOC(=O)CC(C)=O.C[CH2][Al]. The van der Waals surface area contributed by atoms with Crippen LogP contribution < -0.4 is 0 Å². The molecule has 68 valence electrons. The average molecular weight is 186 g/mol. The highest BCUT2D eigenvalue weighted by Crippen LogP contribution is 1.86. The van der Waals surface area contributed by atoms with Gasteiger partial charge in [0, 0.05) is 0 Å². The third-order valence-electron chi connectivity index (χ3n) is 0.699. The van der Waals surface area contributed by atoms with Crippen LogP contribution in [0.3, 0.4) is 0 Å². The zero-order chi connectivity index (χ0) is 9.98. The van der Waals surface area contributed by atoms with Gasteiger partial charge in [0.05, 0.1) is 6.61 Å². The maximum absolute atomic E-state index is 10.4. The molecule has 0 spiro atoms. The Kier molecular flexibility index (Phi) is 12.6. The highest BCUT2D eigenvalue weighted by molar-refractivity contribution is 6.08. The Balaban J connectivity index is 0. The zero-order valence-corrected chi connectivity index (χ0v) is 9.08. The quantitative estimate of drug-likeness (QED) is 0.377. The van der Waals surface area contributed by atoms with Crippen molar-refractivity contribution in [3.05, 3.63) is 0 Å². The van der Waals surface area contributed by atoms with E-state index in [1.807, 2.05) is 0 Å². The van der Waals surface area contributed by atoms with Gasteiger partial charge in [-0.05, 0) is 13.8 Å². The van der Waals surface area contributed by atoms with Gasteiger partial charge in [-0.3, -0.25) is 9.59 Å². The molecule has 0 aliphatic carbocycles. The second-order valence-corrected chi connectivity index (χ2v) is 2.91. The summed E-state index contributed by atoms with van der Waals surface area (Å²) in [6, 6.07) is 0. The Morgan fingerprint density at radius 1 is 1.33 bits per heavy atom. The lowest BCUT2D eigenvalue weighted by molar-refractivity contribution is -0.145. The molecule has 0 fully saturated rings. The van der Waals surface area contributed by atoms with Crippen LogP contribution in [-0.2, 0) is 14.3 Å². The van der Waals surface area contributed by atoms with Crippen molar-refractivity contribution in [2.75, 3.05) is 6.61 Å². The van der Waals surface area contributed by atoms with Crippen LogP contribution in [0.15, 0.2) is 0 Å². The van der Waals surface area contributed by atoms with Gasteiger partial charge in [0.25, 0.3) is 0 Å². The molecule has 0 aliphatic rings. The van der Waals surface area contributed by atoms with Crippen LogP contribution in [-0.4, -0.2) is 34.6 Å². The summed E-state index contributed by atoms with van der Waals surface area (Å²) in [7, 11) is 0. The van der Waals surface area contributed by atoms with E-state index >= 15 is 0 Å². The van der Waals surface area contributed by atoms with E-state index in [4.69, 9.17) is 0 Å². The van der Waals surface area contributed by atoms with Gasteiger partial charge >= 0.3 is 5.97 Å². The van der Waals surface area contributed by atoms with Crippen molar-refractivity contribution in [1.82, 2.24) is 0 Å². The van der Waals surface area contributed by atoms with E-state index in [0.29, 0.717) is 6.61 Å². The van der Waals surface area contributed by atoms with Crippen molar-refractivity contribution in [3.63, 3.8) is 0 Å². The molecule has 0 aromatic rings. The third kappa shape index (κ3) is 16.3. The van der Waals surface area contributed by atoms with Crippen LogP contribution in [0.5, 0.6) is 0 Å². The first-order valence-electron chi connectivity index (χ1n) is 3.93. The first-order valence-corrected chi connectivity index (χ1v) is 4.75. The van der Waals surface area contributed by atoms with E-state index in [1.54, 1.807) is 6.92 Å². The van der Waals surface area contributed by atoms with Crippen LogP contribution in [0.2, 0.25) is 5.28 Å². The van der Waals surface area contributed by atoms with Gasteiger partial charge in [-0.2, -0.15) is 0 Å². The van der Waals surface area contributed by atoms with Gasteiger partial charge in [-0.1, -0.05) is 6.92 Å². The van der Waals surface area contributed by atoms with Crippen LogP contribution in [0.1, 0.15) is 27.2 Å². The van der Waals surface area contributed by atoms with Gasteiger partial charge in [0.2, 0.25) is 0 Å². The van der Waals surface area contributed by atoms with Crippen molar-refractivity contribution in [3.8, 4) is 0 Å². The van der Waals surface area contributed by atoms with Crippen molar-refractivity contribution in [2.45, 2.75) is 32.5 Å². The van der Waals surface area contributed by atoms with Crippen molar-refractivity contribution in [1.29, 1.82) is 0 Å². The number of hydrogen-bond acceptors (Lipinski definition) is 3. The minimum absolute atomic E-state index is 0.103. The molecule has 0 bridgehead atoms. The highest BCUT2D eigenvalue weighted by atomic mass is 27.0. The monoisotopic (exact) mass is 186 g/mol. The fourth-order valence-electron chi connectivity index (χ4n) is 0.415. The number of Topliss-reactive ketones (excluding diaryl/α,β-unsaturated/α-hetero) is 1. The molecule has 0 saturated heterocycles. The fraction of sp³-hybridized carbons (Fsp3) is 0.750. The molecule has 12 heavy (non-hydrogen) atoms. The summed E-state index contributed by atoms with van der Waals surface area (Å²) in [6.45, 7) is 5.49. The molecule has 0 rings (SSSR count). The lowest BCUT2D eigenvalue weighted by Crippen LogP contribution is -2.07. The molecule has 0 aromatic heterocycles. The Morgan fingerprint density at radius 2 is 1.75 bits per heavy atom. The number of carbonyl (C=O) groups is 2. The first kappa shape index (κ1) is 14.2. The number of esters is 1. The van der Waals surface area contributed by atoms with Crippen LogP contribution in [0.4, 0.5) is 0 Å². The number of ether oxygens (including phenoxy) is 1. The first-order chi connectivity index (χ1) is 5.58. The molecule has 0 unspecified atom stereocenters. The average Bonchev–Trinajstić information content (AvgIpc) is 1.87. The molecule has 0 aromatic carbocycles. The van der Waals surface area contributed by atoms with E-state index in [1.165, 1.54) is 12.2 Å². The van der Waals surface area contributed by atoms with Crippen molar-refractivity contribution in [2.24, 2.45) is 0 Å². The Labute approximate surface area is 81.9 Å². The summed E-state index contributed by atoms with van der Waals surface area (Å²) < 4.78 is 4.49. The minimum atomic E-state index is -0.440. The van der Waals surface area contributed by atoms with Crippen LogP contribution in [0.25, 0.3) is 0 Å². The number of hydrogen-bond donors (Lipinski definition) is 0. The molecule has 0 heterocycles. The second kappa shape index (κ2) is 10.7. The number of rotatable bonds is 3. The smallest absolute Gasteiger partial charge is 0.313 e. The van der Waals surface area contributed by atoms with E-state index in [-0.39, 0.29) is 12.2 Å². The van der Waals surface area contributed by atoms with E-state index in [2.05, 4.69) is 28.0 Å². The zero-order valence-electron chi connectivity index (χ0n) is 7.92. The predicted molar refractivity (Wildman–Crippen MR) is 48.2 cm³/mol. The van der Waals surface area contributed by atoms with Gasteiger partial charge in [-0.25, -0.2) is 0 Å². The van der Waals surface area contributed by atoms with Gasteiger partial charge in [0.1, 0.15) is 28.5 Å². The number of carbonyl (C=O) groups excluding carboxylic acids is 2. The van der Waals surface area contributed by atoms with Crippen molar-refractivity contribution < 1.29 is 14.3 Å². The molecule has 0 atom stereocenters. The molecule has 4 heteroatoms. The maximum atomic E-state index is 10.4. The van der Waals surface area contributed by atoms with E-state index < -0.39 is 5.97 Å². The second-order valence-electron chi connectivity index (χ2n) is 2.09. The molecule has 0 aliphatic heterocycles. The van der Waals surface area contributed by atoms with Gasteiger partial charge in [-0.15, -0.1) is 5.28 Å². The fourth-order valence-corrected chi connectivity index (χ4v) is 0.415. The maximum Gasteiger partial charge on any atom is 0.313 e. The summed E-state index contributed by atoms with van der Waals surface area (Å²) in [5.41, 5.74) is 0. The Hall–Kier alpha value is -0.328. The molecule has 2 radical (unpaired) electrons. The summed E-state index contributed by atoms with van der Waals surface area (Å²) >= 11 is 2.58. The molecular formula is C8H15AlO3. The van der Waals surface area contributed by atoms with Crippen molar-refractivity contribution >= 4 is 28.0 Å². The van der Waals surface area contributed by atoms with E-state index in [0.717, 1.165) is 0 Å². The van der Waals surface area contributed by atoms with Crippen LogP contribution in [0, 0.1) is 0 Å². The van der Waals surface area contributed by atoms with Gasteiger partial charge in [0.15, 0.2) is 0 Å². The van der Waals surface area contributed by atoms with Gasteiger partial charge < -0.3 is 4.74 Å². The topological polar surface area (TPSA) is 43.4 Å². The summed E-state index contributed by atoms with van der Waals surface area (Å²) in [6.07, 6.45) is -0.103. The largest absolute Gasteiger partial charge is 0.466 e. The predicted octanol–water partition coefficient (Wildman–Crippen LogP) is 1.12. The number of ketones is 1. The summed E-state index contributed by atoms with van der Waals surface area (Å²) in [4.78, 5) is 20.6. The standard InChI is InChI=1S/C6H10O3.C2H5.Al/c1-3-9-6(8)4-5(2)7;1-2;/h3-4H2,1-2H3;1H2,2H3;. The Bertz CT molecular complexity index is 134. The van der Waals surface area contributed by atoms with E-state index in [9.17, 15) is 9.59 Å². The lowest BCUT2D eigenvalue weighted by Gasteiger charge is -1.96. The third-order valence-corrected chi connectivity index (χ3v) is 0.699. The highest BCUT2D eigenvalue weighted by Gasteiger charge is 2.03. The Morgan fingerprint density at radius 3 is 2.00 bits per heavy atom. The molecular weight excluding hydrogens is 171 g/mol. The lowest BCUT2D eigenvalue weighted by atomic mass is 10.3. The normalized spacial score (nSPS) is 7.92. The molecule has 0 amide bonds. The molecule has 3 nitrogen and oxygen atoms in total. The minimum Gasteiger partial charge on any atom is -0.466 e.